The molecule has 0 spiro atoms. The maximum Gasteiger partial charge on any atom is 0.0482 e. The summed E-state index contributed by atoms with van der Waals surface area (Å²) in [6, 6.07) is 0.481. The van der Waals surface area contributed by atoms with Gasteiger partial charge in [-0.2, -0.15) is 23.5 Å². The van der Waals surface area contributed by atoms with E-state index in [2.05, 4.69) is 0 Å². The van der Waals surface area contributed by atoms with Crippen molar-refractivity contribution in [1.29, 1.82) is 0 Å². The van der Waals surface area contributed by atoms with Gasteiger partial charge in [0, 0.05) is 48.6 Å². The van der Waals surface area contributed by atoms with Crippen molar-refractivity contribution in [3.05, 3.63) is 0 Å². The number of hydrogen-bond donors (Lipinski definition) is 4. The minimum atomic E-state index is 0.241. The first-order chi connectivity index (χ1) is 7.69. The van der Waals surface area contributed by atoms with Crippen molar-refractivity contribution in [1.82, 2.24) is 0 Å². The van der Waals surface area contributed by atoms with Gasteiger partial charge in [-0.3, -0.25) is 0 Å². The summed E-state index contributed by atoms with van der Waals surface area (Å²) in [5, 5.41) is 17.3. The molecule has 0 aromatic rings. The molecule has 2 heterocycles. The second-order valence-corrected chi connectivity index (χ2v) is 6.44. The maximum absolute atomic E-state index is 8.64. The second kappa shape index (κ2) is 7.79. The van der Waals surface area contributed by atoms with E-state index in [1.807, 2.05) is 23.5 Å². The van der Waals surface area contributed by atoms with Gasteiger partial charge in [0.05, 0.1) is 0 Å². The van der Waals surface area contributed by atoms with Crippen molar-refractivity contribution in [2.45, 2.75) is 12.1 Å². The van der Waals surface area contributed by atoms with Crippen molar-refractivity contribution in [3.8, 4) is 0 Å². The molecule has 6 N–H and O–H groups in total. The Hall–Kier alpha value is 0.540. The van der Waals surface area contributed by atoms with Gasteiger partial charge in [-0.25, -0.2) is 0 Å². The van der Waals surface area contributed by atoms with E-state index in [1.54, 1.807) is 0 Å². The fourth-order valence-corrected chi connectivity index (χ4v) is 4.28. The van der Waals surface area contributed by atoms with Gasteiger partial charge in [0.1, 0.15) is 0 Å². The van der Waals surface area contributed by atoms with E-state index in [-0.39, 0.29) is 25.3 Å². The van der Waals surface area contributed by atoms with Crippen molar-refractivity contribution < 1.29 is 10.2 Å². The highest BCUT2D eigenvalue weighted by molar-refractivity contribution is 7.99. The zero-order valence-electron chi connectivity index (χ0n) is 9.42. The number of hydrogen-bond acceptors (Lipinski definition) is 6. The molecule has 4 nitrogen and oxygen atoms in total. The molecule has 4 atom stereocenters. The molecule has 0 radical (unpaired) electrons. The molecule has 0 unspecified atom stereocenters. The Bertz CT molecular complexity index is 178. The monoisotopic (exact) mass is 266 g/mol. The van der Waals surface area contributed by atoms with E-state index in [0.717, 1.165) is 23.0 Å². The van der Waals surface area contributed by atoms with Crippen LogP contribution in [0, 0.1) is 11.8 Å². The molecule has 16 heavy (non-hydrogen) atoms. The molecule has 2 fully saturated rings. The average molecular weight is 266 g/mol. The van der Waals surface area contributed by atoms with E-state index in [9.17, 15) is 0 Å². The topological polar surface area (TPSA) is 92.5 Å². The Morgan fingerprint density at radius 2 is 1.19 bits per heavy atom. The zero-order chi connectivity index (χ0) is 12.0. The Morgan fingerprint density at radius 1 is 0.812 bits per heavy atom. The van der Waals surface area contributed by atoms with E-state index in [4.69, 9.17) is 21.7 Å². The van der Waals surface area contributed by atoms with E-state index >= 15 is 0 Å². The molecule has 0 amide bonds. The Balaban J connectivity index is 0.000000160. The summed E-state index contributed by atoms with van der Waals surface area (Å²) >= 11 is 3.66. The molecular weight excluding hydrogens is 244 g/mol. The lowest BCUT2D eigenvalue weighted by molar-refractivity contribution is 0.229. The smallest absolute Gasteiger partial charge is 0.0482 e. The molecule has 2 aliphatic rings. The van der Waals surface area contributed by atoms with Gasteiger partial charge < -0.3 is 21.7 Å². The third-order valence-corrected chi connectivity index (χ3v) is 5.53. The molecular formula is C10H22N2O2S2. The van der Waals surface area contributed by atoms with Gasteiger partial charge in [0.15, 0.2) is 0 Å². The predicted octanol–water partition coefficient (Wildman–Crippen LogP) is -0.662. The summed E-state index contributed by atoms with van der Waals surface area (Å²) < 4.78 is 0. The molecule has 2 rings (SSSR count). The third kappa shape index (κ3) is 4.43. The second-order valence-electron chi connectivity index (χ2n) is 4.29. The van der Waals surface area contributed by atoms with Crippen LogP contribution in [0.2, 0.25) is 0 Å². The number of aliphatic hydroxyl groups is 2. The molecule has 0 aliphatic carbocycles. The maximum atomic E-state index is 8.64. The molecule has 2 aliphatic heterocycles. The number of rotatable bonds is 2. The molecule has 0 aromatic carbocycles. The first kappa shape index (κ1) is 14.6. The summed E-state index contributed by atoms with van der Waals surface area (Å²) in [6.07, 6.45) is 0. The van der Waals surface area contributed by atoms with Gasteiger partial charge in [-0.1, -0.05) is 0 Å². The minimum Gasteiger partial charge on any atom is -0.396 e. The summed E-state index contributed by atoms with van der Waals surface area (Å²) in [4.78, 5) is 0. The summed E-state index contributed by atoms with van der Waals surface area (Å²) in [6.45, 7) is 0.516. The fourth-order valence-electron chi connectivity index (χ4n) is 1.61. The molecule has 6 heteroatoms. The third-order valence-electron chi connectivity index (χ3n) is 2.96. The largest absolute Gasteiger partial charge is 0.396 e. The summed E-state index contributed by atoms with van der Waals surface area (Å²) in [5.74, 6) is 4.84. The van der Waals surface area contributed by atoms with Gasteiger partial charge in [0.25, 0.3) is 0 Å². The SMILES string of the molecule is N[C@@H]1CSC[C@H]1CO.N[C@H]1CSC[C@@H]1CO. The highest BCUT2D eigenvalue weighted by Crippen LogP contribution is 2.22. The predicted molar refractivity (Wildman–Crippen MR) is 71.8 cm³/mol. The first-order valence-corrected chi connectivity index (χ1v) is 7.88. The van der Waals surface area contributed by atoms with Crippen molar-refractivity contribution in [2.75, 3.05) is 36.2 Å². The van der Waals surface area contributed by atoms with Gasteiger partial charge in [-0.15, -0.1) is 0 Å². The van der Waals surface area contributed by atoms with Crippen LogP contribution in [-0.2, 0) is 0 Å². The van der Waals surface area contributed by atoms with E-state index < -0.39 is 0 Å². The number of aliphatic hydroxyl groups excluding tert-OH is 2. The lowest BCUT2D eigenvalue weighted by Crippen LogP contribution is -2.30. The van der Waals surface area contributed by atoms with E-state index in [0.29, 0.717) is 11.8 Å². The van der Waals surface area contributed by atoms with Crippen LogP contribution in [0.15, 0.2) is 0 Å². The highest BCUT2D eigenvalue weighted by Gasteiger charge is 2.23. The minimum absolute atomic E-state index is 0.241. The Kier molecular flexibility index (Phi) is 7.11. The van der Waals surface area contributed by atoms with Crippen LogP contribution in [-0.4, -0.2) is 58.5 Å². The van der Waals surface area contributed by atoms with Gasteiger partial charge in [0.2, 0.25) is 0 Å². The van der Waals surface area contributed by atoms with Gasteiger partial charge in [-0.05, 0) is 11.5 Å². The molecule has 0 aromatic heterocycles. The molecule has 0 bridgehead atoms. The Morgan fingerprint density at radius 3 is 1.31 bits per heavy atom. The van der Waals surface area contributed by atoms with Crippen LogP contribution in [0.5, 0.6) is 0 Å². The molecule has 96 valence electrons. The fraction of sp³-hybridized carbons (Fsp3) is 1.00. The normalized spacial score (nSPS) is 38.2. The number of thioether (sulfide) groups is 2. The molecule has 2 saturated heterocycles. The summed E-state index contributed by atoms with van der Waals surface area (Å²) in [5.41, 5.74) is 11.2. The van der Waals surface area contributed by atoms with Crippen LogP contribution < -0.4 is 11.5 Å². The lowest BCUT2D eigenvalue weighted by Gasteiger charge is -2.08. The van der Waals surface area contributed by atoms with Crippen LogP contribution in [0.1, 0.15) is 0 Å². The van der Waals surface area contributed by atoms with Crippen LogP contribution in [0.4, 0.5) is 0 Å². The Labute approximate surface area is 106 Å². The quantitative estimate of drug-likeness (QED) is 0.530. The molecule has 0 saturated carbocycles. The van der Waals surface area contributed by atoms with Crippen LogP contribution in [0.3, 0.4) is 0 Å². The zero-order valence-corrected chi connectivity index (χ0v) is 11.1. The standard InChI is InChI=1S/2C5H11NOS/c2*6-5-3-8-2-4(5)1-7/h2*4-5,7H,1-3,6H2/t2*4-,5-/m10/s1. The first-order valence-electron chi connectivity index (χ1n) is 5.57. The van der Waals surface area contributed by atoms with Crippen LogP contribution in [0.25, 0.3) is 0 Å². The highest BCUT2D eigenvalue weighted by atomic mass is 32.2. The van der Waals surface area contributed by atoms with Gasteiger partial charge >= 0.3 is 0 Å². The van der Waals surface area contributed by atoms with Crippen molar-refractivity contribution in [2.24, 2.45) is 23.3 Å². The lowest BCUT2D eigenvalue weighted by atomic mass is 10.1. The van der Waals surface area contributed by atoms with Crippen molar-refractivity contribution in [3.63, 3.8) is 0 Å². The van der Waals surface area contributed by atoms with Crippen molar-refractivity contribution >= 4 is 23.5 Å². The summed E-state index contributed by atoms with van der Waals surface area (Å²) in [7, 11) is 0. The van der Waals surface area contributed by atoms with Crippen LogP contribution >= 0.6 is 23.5 Å². The average Bonchev–Trinajstić information content (AvgIpc) is 2.87. The number of nitrogens with two attached hydrogens (primary N) is 2. The van der Waals surface area contributed by atoms with E-state index in [1.165, 1.54) is 0 Å².